The van der Waals surface area contributed by atoms with E-state index in [1.165, 1.54) is 0 Å². The molecule has 1 rings (SSSR count). The summed E-state index contributed by atoms with van der Waals surface area (Å²) in [5.74, 6) is 0.628. The van der Waals surface area contributed by atoms with E-state index in [4.69, 9.17) is 0 Å². The average molecular weight is 192 g/mol. The molecule has 0 saturated heterocycles. The van der Waals surface area contributed by atoms with Crippen molar-refractivity contribution in [2.75, 3.05) is 0 Å². The molecule has 0 bridgehead atoms. The monoisotopic (exact) mass is 192 g/mol. The van der Waals surface area contributed by atoms with Crippen molar-refractivity contribution < 1.29 is 12.9 Å². The van der Waals surface area contributed by atoms with Crippen molar-refractivity contribution in [3.05, 3.63) is 11.7 Å². The van der Waals surface area contributed by atoms with Gasteiger partial charge >= 0.3 is 0 Å². The Kier molecular flexibility index (Phi) is 2.40. The molecule has 0 saturated carbocycles. The molecule has 0 spiro atoms. The molecular weight excluding hydrogens is 184 g/mol. The Hall–Kier alpha value is -0.990. The topological polar surface area (TPSA) is 111 Å². The van der Waals surface area contributed by atoms with Gasteiger partial charge in [-0.2, -0.15) is 18.1 Å². The Balaban J connectivity index is 2.55. The molecule has 0 radical (unpaired) electrons. The van der Waals surface area contributed by atoms with Crippen LogP contribution in [0.2, 0.25) is 0 Å². The van der Waals surface area contributed by atoms with Gasteiger partial charge in [0.15, 0.2) is 5.82 Å². The second-order valence-corrected chi connectivity index (χ2v) is 3.47. The first kappa shape index (κ1) is 9.10. The van der Waals surface area contributed by atoms with Gasteiger partial charge in [-0.25, -0.2) is 5.14 Å². The van der Waals surface area contributed by atoms with Crippen LogP contribution in [0, 0.1) is 6.92 Å². The number of hydrogen-bond donors (Lipinski definition) is 2. The van der Waals surface area contributed by atoms with E-state index in [0.29, 0.717) is 5.89 Å². The minimum absolute atomic E-state index is 0.0594. The highest BCUT2D eigenvalue weighted by atomic mass is 32.2. The Bertz CT molecular complexity index is 356. The number of nitrogens with zero attached hydrogens (tertiary/aromatic N) is 2. The highest BCUT2D eigenvalue weighted by Crippen LogP contribution is 1.93. The normalized spacial score (nSPS) is 11.8. The number of nitrogens with one attached hydrogen (secondary N) is 1. The summed E-state index contributed by atoms with van der Waals surface area (Å²) in [4.78, 5) is 3.75. The van der Waals surface area contributed by atoms with Crippen LogP contribution in [0.5, 0.6) is 0 Å². The summed E-state index contributed by atoms with van der Waals surface area (Å²) in [6.07, 6.45) is 0. The number of nitrogens with two attached hydrogens (primary N) is 1. The third-order valence-corrected chi connectivity index (χ3v) is 1.55. The van der Waals surface area contributed by atoms with Crippen molar-refractivity contribution in [1.29, 1.82) is 0 Å². The third-order valence-electron chi connectivity index (χ3n) is 1.00. The first-order valence-electron chi connectivity index (χ1n) is 3.04. The zero-order chi connectivity index (χ0) is 9.19. The van der Waals surface area contributed by atoms with E-state index in [-0.39, 0.29) is 12.4 Å². The van der Waals surface area contributed by atoms with Gasteiger partial charge in [-0.1, -0.05) is 5.16 Å². The molecular formula is C4H8N4O3S. The summed E-state index contributed by atoms with van der Waals surface area (Å²) in [5, 5.41) is 8.12. The van der Waals surface area contributed by atoms with E-state index in [0.717, 1.165) is 0 Å². The summed E-state index contributed by atoms with van der Waals surface area (Å²) < 4.78 is 27.4. The van der Waals surface area contributed by atoms with Crippen LogP contribution in [-0.4, -0.2) is 18.6 Å². The number of aryl methyl sites for hydroxylation is 1. The predicted molar refractivity (Wildman–Crippen MR) is 39.0 cm³/mol. The van der Waals surface area contributed by atoms with Gasteiger partial charge in [-0.15, -0.1) is 0 Å². The van der Waals surface area contributed by atoms with Crippen LogP contribution < -0.4 is 9.86 Å². The molecule has 3 N–H and O–H groups in total. The van der Waals surface area contributed by atoms with Gasteiger partial charge in [0.2, 0.25) is 5.89 Å². The van der Waals surface area contributed by atoms with Crippen molar-refractivity contribution in [2.24, 2.45) is 5.14 Å². The molecule has 0 fully saturated rings. The molecule has 68 valence electrons. The molecule has 0 aliphatic rings. The summed E-state index contributed by atoms with van der Waals surface area (Å²) in [6.45, 7) is 1.55. The first-order valence-corrected chi connectivity index (χ1v) is 4.58. The Labute approximate surface area is 69.1 Å². The Morgan fingerprint density at radius 2 is 2.33 bits per heavy atom. The lowest BCUT2D eigenvalue weighted by atomic mass is 10.6. The maximum atomic E-state index is 10.4. The fourth-order valence-electron chi connectivity index (χ4n) is 0.578. The van der Waals surface area contributed by atoms with E-state index in [2.05, 4.69) is 19.8 Å². The number of aromatic nitrogens is 2. The minimum Gasteiger partial charge on any atom is -0.340 e. The minimum atomic E-state index is -3.68. The standard InChI is InChI=1S/C4H8N4O3S/c1-3-7-4(8-11-3)2-6-12(5,9)10/h6H,2H2,1H3,(H2,5,9,10). The van der Waals surface area contributed by atoms with Crippen molar-refractivity contribution in [3.63, 3.8) is 0 Å². The van der Waals surface area contributed by atoms with Gasteiger partial charge in [-0.05, 0) is 0 Å². The molecule has 1 aromatic rings. The van der Waals surface area contributed by atoms with E-state index in [9.17, 15) is 8.42 Å². The molecule has 0 aliphatic heterocycles. The molecule has 12 heavy (non-hydrogen) atoms. The molecule has 1 heterocycles. The van der Waals surface area contributed by atoms with Crippen molar-refractivity contribution in [1.82, 2.24) is 14.9 Å². The van der Waals surface area contributed by atoms with Gasteiger partial charge < -0.3 is 4.52 Å². The summed E-state index contributed by atoms with van der Waals surface area (Å²) in [5.41, 5.74) is 0. The molecule has 0 unspecified atom stereocenters. The van der Waals surface area contributed by atoms with Crippen LogP contribution in [0.3, 0.4) is 0 Å². The fraction of sp³-hybridized carbons (Fsp3) is 0.500. The van der Waals surface area contributed by atoms with Crippen LogP contribution in [0.4, 0.5) is 0 Å². The zero-order valence-electron chi connectivity index (χ0n) is 6.31. The molecule has 8 heteroatoms. The summed E-state index contributed by atoms with van der Waals surface area (Å²) >= 11 is 0. The highest BCUT2D eigenvalue weighted by molar-refractivity contribution is 7.87. The van der Waals surface area contributed by atoms with E-state index in [1.54, 1.807) is 6.92 Å². The highest BCUT2D eigenvalue weighted by Gasteiger charge is 2.05. The smallest absolute Gasteiger partial charge is 0.274 e. The van der Waals surface area contributed by atoms with Crippen LogP contribution in [0.15, 0.2) is 4.52 Å². The molecule has 7 nitrogen and oxygen atoms in total. The van der Waals surface area contributed by atoms with Crippen LogP contribution in [-0.2, 0) is 16.8 Å². The van der Waals surface area contributed by atoms with Crippen molar-refractivity contribution >= 4 is 10.2 Å². The lowest BCUT2D eigenvalue weighted by Gasteiger charge is -1.94. The maximum Gasteiger partial charge on any atom is 0.274 e. The maximum absolute atomic E-state index is 10.4. The first-order chi connectivity index (χ1) is 5.47. The molecule has 0 aromatic carbocycles. The van der Waals surface area contributed by atoms with Gasteiger partial charge in [0.05, 0.1) is 6.54 Å². The summed E-state index contributed by atoms with van der Waals surface area (Å²) in [7, 11) is -3.68. The zero-order valence-corrected chi connectivity index (χ0v) is 7.13. The molecule has 0 atom stereocenters. The Morgan fingerprint density at radius 3 is 2.75 bits per heavy atom. The van der Waals surface area contributed by atoms with E-state index in [1.807, 2.05) is 4.72 Å². The third kappa shape index (κ3) is 2.95. The quantitative estimate of drug-likeness (QED) is 0.616. The van der Waals surface area contributed by atoms with Gasteiger partial charge in [0.25, 0.3) is 10.2 Å². The Morgan fingerprint density at radius 1 is 1.67 bits per heavy atom. The number of rotatable bonds is 3. The molecule has 0 amide bonds. The predicted octanol–water partition coefficient (Wildman–Crippen LogP) is -1.33. The molecule has 0 aliphatic carbocycles. The van der Waals surface area contributed by atoms with Crippen molar-refractivity contribution in [3.8, 4) is 0 Å². The lowest BCUT2D eigenvalue weighted by molar-refractivity contribution is 0.387. The largest absolute Gasteiger partial charge is 0.340 e. The lowest BCUT2D eigenvalue weighted by Crippen LogP contribution is -2.30. The van der Waals surface area contributed by atoms with Gasteiger partial charge in [0.1, 0.15) is 0 Å². The summed E-state index contributed by atoms with van der Waals surface area (Å²) in [6, 6.07) is 0. The van der Waals surface area contributed by atoms with Gasteiger partial charge in [-0.3, -0.25) is 0 Å². The molecule has 1 aromatic heterocycles. The SMILES string of the molecule is Cc1nc(CNS(N)(=O)=O)no1. The van der Waals surface area contributed by atoms with E-state index >= 15 is 0 Å². The van der Waals surface area contributed by atoms with Gasteiger partial charge in [0, 0.05) is 6.92 Å². The van der Waals surface area contributed by atoms with E-state index < -0.39 is 10.2 Å². The second kappa shape index (κ2) is 3.17. The second-order valence-electron chi connectivity index (χ2n) is 2.10. The van der Waals surface area contributed by atoms with Crippen LogP contribution in [0.1, 0.15) is 11.7 Å². The fourth-order valence-corrected chi connectivity index (χ4v) is 0.909. The van der Waals surface area contributed by atoms with Crippen LogP contribution >= 0.6 is 0 Å². The average Bonchev–Trinajstić information content (AvgIpc) is 2.30. The van der Waals surface area contributed by atoms with Crippen LogP contribution in [0.25, 0.3) is 0 Å². The van der Waals surface area contributed by atoms with Crippen molar-refractivity contribution in [2.45, 2.75) is 13.5 Å². The number of hydrogen-bond acceptors (Lipinski definition) is 5.